The second-order valence-electron chi connectivity index (χ2n) is 4.70. The number of hydrogen-bond acceptors (Lipinski definition) is 4. The predicted molar refractivity (Wildman–Crippen MR) is 72.7 cm³/mol. The normalized spacial score (nSPS) is 19.7. The molecular weight excluding hydrogens is 240 g/mol. The van der Waals surface area contributed by atoms with Gasteiger partial charge in [-0.3, -0.25) is 10.00 Å². The molecule has 1 atom stereocenters. The van der Waals surface area contributed by atoms with E-state index in [1.807, 2.05) is 24.4 Å². The number of rotatable bonds is 4. The second kappa shape index (κ2) is 5.40. The minimum Gasteiger partial charge on any atom is -0.458 e. The standard InChI is InChI=1S/C14H18N4O/c1-2-18-9-3-4-14(18)19-13-6-5-11(10-15-13)12-7-8-16-17-12/h5-8,10,14H,2-4,9H2,1H3,(H,16,17). The summed E-state index contributed by atoms with van der Waals surface area (Å²) in [4.78, 5) is 6.71. The van der Waals surface area contributed by atoms with Crippen LogP contribution in [0.15, 0.2) is 30.6 Å². The SMILES string of the molecule is CCN1CCCC1Oc1ccc(-c2ccn[nH]2)cn1. The molecule has 5 heteroatoms. The van der Waals surface area contributed by atoms with Gasteiger partial charge >= 0.3 is 0 Å². The molecule has 0 spiro atoms. The van der Waals surface area contributed by atoms with Crippen molar-refractivity contribution in [2.24, 2.45) is 0 Å². The van der Waals surface area contributed by atoms with E-state index in [-0.39, 0.29) is 6.23 Å². The molecule has 0 aromatic carbocycles. The highest BCUT2D eigenvalue weighted by molar-refractivity contribution is 5.57. The summed E-state index contributed by atoms with van der Waals surface area (Å²) in [5.41, 5.74) is 1.98. The molecule has 3 rings (SSSR count). The van der Waals surface area contributed by atoms with E-state index in [1.165, 1.54) is 6.42 Å². The smallest absolute Gasteiger partial charge is 0.214 e. The van der Waals surface area contributed by atoms with Crippen LogP contribution in [0.5, 0.6) is 5.88 Å². The van der Waals surface area contributed by atoms with Gasteiger partial charge in [-0.05, 0) is 31.5 Å². The molecule has 19 heavy (non-hydrogen) atoms. The number of nitrogens with zero attached hydrogens (tertiary/aromatic N) is 3. The number of H-pyrrole nitrogens is 1. The second-order valence-corrected chi connectivity index (χ2v) is 4.70. The highest BCUT2D eigenvalue weighted by Gasteiger charge is 2.24. The topological polar surface area (TPSA) is 54.0 Å². The van der Waals surface area contributed by atoms with Crippen LogP contribution in [-0.2, 0) is 0 Å². The van der Waals surface area contributed by atoms with Gasteiger partial charge in [-0.15, -0.1) is 0 Å². The molecule has 2 aromatic rings. The summed E-state index contributed by atoms with van der Waals surface area (Å²) >= 11 is 0. The van der Waals surface area contributed by atoms with E-state index in [4.69, 9.17) is 4.74 Å². The lowest BCUT2D eigenvalue weighted by atomic mass is 10.2. The Kier molecular flexibility index (Phi) is 3.46. The number of aromatic nitrogens is 3. The van der Waals surface area contributed by atoms with Gasteiger partial charge < -0.3 is 4.74 Å². The van der Waals surface area contributed by atoms with Crippen LogP contribution < -0.4 is 4.74 Å². The number of ether oxygens (including phenoxy) is 1. The number of likely N-dealkylation sites (tertiary alicyclic amines) is 1. The fraction of sp³-hybridized carbons (Fsp3) is 0.429. The van der Waals surface area contributed by atoms with E-state index in [2.05, 4.69) is 27.0 Å². The summed E-state index contributed by atoms with van der Waals surface area (Å²) in [7, 11) is 0. The summed E-state index contributed by atoms with van der Waals surface area (Å²) in [6, 6.07) is 5.84. The number of aromatic amines is 1. The minimum atomic E-state index is 0.176. The van der Waals surface area contributed by atoms with Crippen molar-refractivity contribution >= 4 is 0 Å². The first-order chi connectivity index (χ1) is 9.36. The van der Waals surface area contributed by atoms with Crippen molar-refractivity contribution < 1.29 is 4.74 Å². The van der Waals surface area contributed by atoms with E-state index in [1.54, 1.807) is 6.20 Å². The molecule has 3 heterocycles. The van der Waals surface area contributed by atoms with E-state index in [0.29, 0.717) is 5.88 Å². The third-order valence-corrected chi connectivity index (χ3v) is 3.51. The van der Waals surface area contributed by atoms with Crippen molar-refractivity contribution in [3.8, 4) is 17.1 Å². The molecule has 5 nitrogen and oxygen atoms in total. The maximum atomic E-state index is 5.94. The quantitative estimate of drug-likeness (QED) is 0.914. The number of nitrogens with one attached hydrogen (secondary N) is 1. The van der Waals surface area contributed by atoms with Crippen molar-refractivity contribution in [1.29, 1.82) is 0 Å². The Bertz CT molecular complexity index is 509. The first kappa shape index (κ1) is 12.2. The van der Waals surface area contributed by atoms with Crippen LogP contribution in [0, 0.1) is 0 Å². The fourth-order valence-corrected chi connectivity index (χ4v) is 2.46. The van der Waals surface area contributed by atoms with Gasteiger partial charge in [0, 0.05) is 30.6 Å². The Morgan fingerprint density at radius 2 is 2.37 bits per heavy atom. The molecule has 0 bridgehead atoms. The van der Waals surface area contributed by atoms with Crippen molar-refractivity contribution in [2.75, 3.05) is 13.1 Å². The fourth-order valence-electron chi connectivity index (χ4n) is 2.46. The van der Waals surface area contributed by atoms with Crippen LogP contribution >= 0.6 is 0 Å². The summed E-state index contributed by atoms with van der Waals surface area (Å²) in [6.07, 6.45) is 6.00. The van der Waals surface area contributed by atoms with Crippen LogP contribution in [0.1, 0.15) is 19.8 Å². The Morgan fingerprint density at radius 3 is 3.05 bits per heavy atom. The predicted octanol–water partition coefficient (Wildman–Crippen LogP) is 2.29. The maximum absolute atomic E-state index is 5.94. The van der Waals surface area contributed by atoms with Gasteiger partial charge in [0.1, 0.15) is 0 Å². The lowest BCUT2D eigenvalue weighted by Crippen LogP contribution is -2.33. The molecule has 0 radical (unpaired) electrons. The molecule has 0 saturated carbocycles. The largest absolute Gasteiger partial charge is 0.458 e. The molecule has 1 N–H and O–H groups in total. The van der Waals surface area contributed by atoms with Gasteiger partial charge in [0.2, 0.25) is 5.88 Å². The van der Waals surface area contributed by atoms with Crippen LogP contribution in [0.2, 0.25) is 0 Å². The van der Waals surface area contributed by atoms with Crippen LogP contribution in [0.4, 0.5) is 0 Å². The molecule has 0 aliphatic carbocycles. The molecule has 1 saturated heterocycles. The Labute approximate surface area is 112 Å². The van der Waals surface area contributed by atoms with Crippen LogP contribution in [0.25, 0.3) is 11.3 Å². The van der Waals surface area contributed by atoms with Gasteiger partial charge in [-0.1, -0.05) is 6.92 Å². The van der Waals surface area contributed by atoms with Gasteiger partial charge in [0.15, 0.2) is 6.23 Å². The molecular formula is C14H18N4O. The average molecular weight is 258 g/mol. The first-order valence-corrected chi connectivity index (χ1v) is 6.73. The lowest BCUT2D eigenvalue weighted by molar-refractivity contribution is 0.0608. The van der Waals surface area contributed by atoms with Gasteiger partial charge in [0.25, 0.3) is 0 Å². The molecule has 1 aliphatic heterocycles. The van der Waals surface area contributed by atoms with Crippen molar-refractivity contribution in [1.82, 2.24) is 20.1 Å². The zero-order chi connectivity index (χ0) is 13.1. The maximum Gasteiger partial charge on any atom is 0.214 e. The van der Waals surface area contributed by atoms with E-state index in [9.17, 15) is 0 Å². The molecule has 0 amide bonds. The van der Waals surface area contributed by atoms with Gasteiger partial charge in [-0.25, -0.2) is 4.98 Å². The monoisotopic (exact) mass is 258 g/mol. The molecule has 1 fully saturated rings. The van der Waals surface area contributed by atoms with Gasteiger partial charge in [0.05, 0.1) is 5.69 Å². The van der Waals surface area contributed by atoms with Crippen LogP contribution in [-0.4, -0.2) is 39.4 Å². The zero-order valence-corrected chi connectivity index (χ0v) is 11.0. The lowest BCUT2D eigenvalue weighted by Gasteiger charge is -2.22. The summed E-state index contributed by atoms with van der Waals surface area (Å²) in [5, 5.41) is 6.86. The first-order valence-electron chi connectivity index (χ1n) is 6.73. The molecule has 1 aliphatic rings. The average Bonchev–Trinajstić information content (AvgIpc) is 3.10. The van der Waals surface area contributed by atoms with E-state index >= 15 is 0 Å². The van der Waals surface area contributed by atoms with E-state index < -0.39 is 0 Å². The molecule has 100 valence electrons. The zero-order valence-electron chi connectivity index (χ0n) is 11.0. The van der Waals surface area contributed by atoms with Crippen molar-refractivity contribution in [3.63, 3.8) is 0 Å². The third-order valence-electron chi connectivity index (χ3n) is 3.51. The van der Waals surface area contributed by atoms with E-state index in [0.717, 1.165) is 30.8 Å². The Morgan fingerprint density at radius 1 is 1.42 bits per heavy atom. The Hall–Kier alpha value is -1.88. The molecule has 2 aromatic heterocycles. The summed E-state index contributed by atoms with van der Waals surface area (Å²) in [6.45, 7) is 4.31. The Balaban J connectivity index is 1.69. The summed E-state index contributed by atoms with van der Waals surface area (Å²) < 4.78 is 5.94. The third kappa shape index (κ3) is 2.61. The van der Waals surface area contributed by atoms with Crippen molar-refractivity contribution in [2.45, 2.75) is 26.0 Å². The highest BCUT2D eigenvalue weighted by Crippen LogP contribution is 2.22. The minimum absolute atomic E-state index is 0.176. The van der Waals surface area contributed by atoms with Crippen LogP contribution in [0.3, 0.4) is 0 Å². The highest BCUT2D eigenvalue weighted by atomic mass is 16.5. The van der Waals surface area contributed by atoms with Gasteiger partial charge in [-0.2, -0.15) is 5.10 Å². The number of hydrogen-bond donors (Lipinski definition) is 1. The number of pyridine rings is 1. The van der Waals surface area contributed by atoms with Crippen molar-refractivity contribution in [3.05, 3.63) is 30.6 Å². The summed E-state index contributed by atoms with van der Waals surface area (Å²) in [5.74, 6) is 0.689. The molecule has 1 unspecified atom stereocenters.